The maximum atomic E-state index is 13.4. The molecule has 1 aromatic carbocycles. The second kappa shape index (κ2) is 5.41. The number of fused-ring (bicyclic) bond motifs is 1. The van der Waals surface area contributed by atoms with E-state index in [0.29, 0.717) is 13.0 Å². The molecule has 23 heavy (non-hydrogen) atoms. The fourth-order valence-corrected chi connectivity index (χ4v) is 1.97. The van der Waals surface area contributed by atoms with Gasteiger partial charge in [0.05, 0.1) is 17.1 Å². The first-order chi connectivity index (χ1) is 10.4. The van der Waals surface area contributed by atoms with E-state index in [2.05, 4.69) is 4.74 Å². The molecule has 0 aromatic heterocycles. The fraction of sp³-hybridized carbons (Fsp3) is 0.417. The molecular weight excluding hydrogens is 333 g/mol. The first-order valence-electron chi connectivity index (χ1n) is 6.00. The van der Waals surface area contributed by atoms with Gasteiger partial charge in [0.25, 0.3) is 11.6 Å². The molecule has 0 saturated carbocycles. The van der Waals surface area contributed by atoms with Gasteiger partial charge in [-0.05, 0) is 6.07 Å². The molecule has 1 atom stereocenters. The van der Waals surface area contributed by atoms with Crippen molar-refractivity contribution in [1.82, 2.24) is 0 Å². The molecule has 0 N–H and O–H groups in total. The zero-order valence-electron chi connectivity index (χ0n) is 11.3. The molecule has 0 aliphatic carbocycles. The van der Waals surface area contributed by atoms with Crippen LogP contribution in [0.5, 0.6) is 0 Å². The summed E-state index contributed by atoms with van der Waals surface area (Å²) >= 11 is 0. The lowest BCUT2D eigenvalue weighted by molar-refractivity contribution is -0.385. The van der Waals surface area contributed by atoms with Gasteiger partial charge in [-0.2, -0.15) is 13.2 Å². The minimum Gasteiger partial charge on any atom is -0.425 e. The standard InChI is InChI=1S/C12H8F5NO5/c1-11(13,14)5-2-6-7(8(3-5)18(20)21)4-22-9(6)23-10(19)12(15,16)17/h2-3,9H,4H2,1H3. The zero-order chi connectivity index (χ0) is 17.6. The van der Waals surface area contributed by atoms with Crippen molar-refractivity contribution in [3.8, 4) is 0 Å². The van der Waals surface area contributed by atoms with E-state index >= 15 is 0 Å². The van der Waals surface area contributed by atoms with Crippen molar-refractivity contribution in [2.24, 2.45) is 0 Å². The van der Waals surface area contributed by atoms with Crippen LogP contribution in [-0.4, -0.2) is 17.1 Å². The maximum Gasteiger partial charge on any atom is 0.491 e. The Balaban J connectivity index is 2.47. The average Bonchev–Trinajstić information content (AvgIpc) is 2.78. The second-order valence-electron chi connectivity index (χ2n) is 4.75. The number of hydrogen-bond donors (Lipinski definition) is 0. The maximum absolute atomic E-state index is 13.4. The van der Waals surface area contributed by atoms with Crippen LogP contribution in [-0.2, 0) is 26.8 Å². The van der Waals surface area contributed by atoms with E-state index in [0.717, 1.165) is 6.07 Å². The van der Waals surface area contributed by atoms with Gasteiger partial charge in [0.2, 0.25) is 6.29 Å². The van der Waals surface area contributed by atoms with Crippen molar-refractivity contribution in [2.75, 3.05) is 0 Å². The Morgan fingerprint density at radius 1 is 1.35 bits per heavy atom. The van der Waals surface area contributed by atoms with Gasteiger partial charge in [0.15, 0.2) is 0 Å². The van der Waals surface area contributed by atoms with Crippen LogP contribution in [0, 0.1) is 10.1 Å². The van der Waals surface area contributed by atoms with Crippen LogP contribution in [0.4, 0.5) is 27.6 Å². The van der Waals surface area contributed by atoms with Gasteiger partial charge in [0, 0.05) is 24.1 Å². The number of halogens is 5. The highest BCUT2D eigenvalue weighted by Crippen LogP contribution is 2.42. The van der Waals surface area contributed by atoms with Crippen molar-refractivity contribution in [3.63, 3.8) is 0 Å². The van der Waals surface area contributed by atoms with E-state index in [1.807, 2.05) is 0 Å². The van der Waals surface area contributed by atoms with Crippen molar-refractivity contribution in [3.05, 3.63) is 38.9 Å². The Hall–Kier alpha value is -2.30. The largest absolute Gasteiger partial charge is 0.491 e. The molecule has 1 heterocycles. The number of nitro benzene ring substituents is 1. The van der Waals surface area contributed by atoms with Crippen LogP contribution in [0.15, 0.2) is 12.1 Å². The van der Waals surface area contributed by atoms with Crippen LogP contribution >= 0.6 is 0 Å². The summed E-state index contributed by atoms with van der Waals surface area (Å²) in [7, 11) is 0. The Kier molecular flexibility index (Phi) is 4.01. The molecule has 1 aliphatic heterocycles. The number of ether oxygens (including phenoxy) is 2. The van der Waals surface area contributed by atoms with E-state index < -0.39 is 52.7 Å². The monoisotopic (exact) mass is 341 g/mol. The first kappa shape index (κ1) is 17.1. The zero-order valence-corrected chi connectivity index (χ0v) is 11.3. The molecule has 6 nitrogen and oxygen atoms in total. The quantitative estimate of drug-likeness (QED) is 0.365. The van der Waals surface area contributed by atoms with Crippen LogP contribution in [0.3, 0.4) is 0 Å². The van der Waals surface area contributed by atoms with Gasteiger partial charge in [-0.25, -0.2) is 13.6 Å². The summed E-state index contributed by atoms with van der Waals surface area (Å²) in [5.74, 6) is -6.08. The van der Waals surface area contributed by atoms with E-state index in [4.69, 9.17) is 4.74 Å². The van der Waals surface area contributed by atoms with Crippen LogP contribution in [0.2, 0.25) is 0 Å². The Labute approximate surface area is 124 Å². The molecule has 0 bridgehead atoms. The van der Waals surface area contributed by atoms with Crippen LogP contribution in [0.1, 0.15) is 29.9 Å². The Morgan fingerprint density at radius 2 is 1.96 bits per heavy atom. The minimum atomic E-state index is -5.32. The smallest absolute Gasteiger partial charge is 0.425 e. The summed E-state index contributed by atoms with van der Waals surface area (Å²) in [6.07, 6.45) is -7.26. The van der Waals surface area contributed by atoms with Crippen molar-refractivity contribution < 1.29 is 41.1 Å². The lowest BCUT2D eigenvalue weighted by atomic mass is 10.00. The highest BCUT2D eigenvalue weighted by atomic mass is 19.4. The Morgan fingerprint density at radius 3 is 2.43 bits per heavy atom. The number of esters is 1. The fourth-order valence-electron chi connectivity index (χ4n) is 1.97. The van der Waals surface area contributed by atoms with Gasteiger partial charge in [-0.3, -0.25) is 10.1 Å². The number of hydrogen-bond acceptors (Lipinski definition) is 5. The van der Waals surface area contributed by atoms with E-state index in [9.17, 15) is 36.9 Å². The molecule has 2 rings (SSSR count). The van der Waals surface area contributed by atoms with E-state index in [1.165, 1.54) is 0 Å². The lowest BCUT2D eigenvalue weighted by Gasteiger charge is -2.16. The molecule has 126 valence electrons. The van der Waals surface area contributed by atoms with E-state index in [1.54, 1.807) is 0 Å². The first-order valence-corrected chi connectivity index (χ1v) is 6.00. The third-order valence-electron chi connectivity index (χ3n) is 3.04. The molecule has 1 aliphatic rings. The van der Waals surface area contributed by atoms with Gasteiger partial charge >= 0.3 is 12.1 Å². The van der Waals surface area contributed by atoms with Crippen LogP contribution in [0.25, 0.3) is 0 Å². The highest BCUT2D eigenvalue weighted by Gasteiger charge is 2.45. The summed E-state index contributed by atoms with van der Waals surface area (Å²) in [5, 5.41) is 10.9. The summed E-state index contributed by atoms with van der Waals surface area (Å²) in [6, 6.07) is 1.33. The molecule has 0 saturated heterocycles. The molecule has 11 heteroatoms. The number of rotatable bonds is 3. The number of carbonyl (C=O) groups excluding carboxylic acids is 1. The average molecular weight is 341 g/mol. The van der Waals surface area contributed by atoms with Gasteiger partial charge in [-0.15, -0.1) is 0 Å². The summed E-state index contributed by atoms with van der Waals surface area (Å²) in [5.41, 5.74) is -2.18. The Bertz CT molecular complexity index is 667. The minimum absolute atomic E-state index is 0.219. The summed E-state index contributed by atoms with van der Waals surface area (Å²) in [4.78, 5) is 20.8. The van der Waals surface area contributed by atoms with Crippen molar-refractivity contribution in [2.45, 2.75) is 31.9 Å². The lowest BCUT2D eigenvalue weighted by Crippen LogP contribution is -2.27. The van der Waals surface area contributed by atoms with Crippen LogP contribution < -0.4 is 0 Å². The molecule has 0 spiro atoms. The predicted octanol–water partition coefficient (Wildman–Crippen LogP) is 3.34. The highest BCUT2D eigenvalue weighted by molar-refractivity contribution is 5.76. The molecule has 0 amide bonds. The van der Waals surface area contributed by atoms with Gasteiger partial charge in [-0.1, -0.05) is 0 Å². The summed E-state index contributed by atoms with van der Waals surface area (Å²) in [6.45, 7) is -0.0813. The number of alkyl halides is 5. The molecule has 0 fully saturated rings. The van der Waals surface area contributed by atoms with E-state index in [-0.39, 0.29) is 5.56 Å². The molecule has 0 radical (unpaired) electrons. The SMILES string of the molecule is CC(F)(F)c1cc2c(c([N+](=O)[O-])c1)COC2OC(=O)C(F)(F)F. The number of carbonyl (C=O) groups is 1. The third-order valence-corrected chi connectivity index (χ3v) is 3.04. The van der Waals surface area contributed by atoms with Gasteiger partial charge < -0.3 is 9.47 Å². The number of benzene rings is 1. The van der Waals surface area contributed by atoms with Gasteiger partial charge in [0.1, 0.15) is 0 Å². The topological polar surface area (TPSA) is 78.7 Å². The number of nitro groups is 1. The molecule has 1 unspecified atom stereocenters. The predicted molar refractivity (Wildman–Crippen MR) is 62.3 cm³/mol. The van der Waals surface area contributed by atoms with Crippen molar-refractivity contribution >= 4 is 11.7 Å². The molecular formula is C12H8F5NO5. The number of nitrogens with zero attached hydrogens (tertiary/aromatic N) is 1. The second-order valence-corrected chi connectivity index (χ2v) is 4.75. The third kappa shape index (κ3) is 3.38. The molecule has 1 aromatic rings. The van der Waals surface area contributed by atoms with Crippen molar-refractivity contribution in [1.29, 1.82) is 0 Å². The normalized spacial score (nSPS) is 17.7. The summed E-state index contributed by atoms with van der Waals surface area (Å²) < 4.78 is 72.2.